The molecule has 0 spiro atoms. The minimum absolute atomic E-state index is 0.264. The Labute approximate surface area is 86.3 Å². The first kappa shape index (κ1) is 9.79. The van der Waals surface area contributed by atoms with Gasteiger partial charge in [0.05, 0.1) is 0 Å². The molecule has 0 radical (unpaired) electrons. The molecular formula is C10H10FN3O. The van der Waals surface area contributed by atoms with Gasteiger partial charge in [-0.2, -0.15) is 0 Å². The quantitative estimate of drug-likeness (QED) is 0.766. The van der Waals surface area contributed by atoms with Crippen LogP contribution in [-0.2, 0) is 11.3 Å². The molecule has 0 fully saturated rings. The molecule has 0 aliphatic heterocycles. The van der Waals surface area contributed by atoms with E-state index in [1.54, 1.807) is 30.1 Å². The summed E-state index contributed by atoms with van der Waals surface area (Å²) < 4.78 is 19.4. The number of hydrogen-bond donors (Lipinski definition) is 0. The summed E-state index contributed by atoms with van der Waals surface area (Å²) >= 11 is 0. The fourth-order valence-corrected chi connectivity index (χ4v) is 1.30. The summed E-state index contributed by atoms with van der Waals surface area (Å²) in [5, 5.41) is 7.68. The molecule has 0 N–H and O–H groups in total. The summed E-state index contributed by atoms with van der Waals surface area (Å²) in [6.45, 7) is 0.372. The largest absolute Gasteiger partial charge is 0.377 e. The number of rotatable bonds is 3. The molecule has 0 amide bonds. The second-order valence-corrected chi connectivity index (χ2v) is 3.03. The molecule has 1 heterocycles. The van der Waals surface area contributed by atoms with E-state index in [0.717, 1.165) is 5.69 Å². The summed E-state index contributed by atoms with van der Waals surface area (Å²) in [4.78, 5) is 0. The highest BCUT2D eigenvalue weighted by Crippen LogP contribution is 2.10. The van der Waals surface area contributed by atoms with Gasteiger partial charge >= 0.3 is 0 Å². The zero-order chi connectivity index (χ0) is 10.7. The Kier molecular flexibility index (Phi) is 2.73. The van der Waals surface area contributed by atoms with E-state index in [-0.39, 0.29) is 5.82 Å². The number of methoxy groups -OCH3 is 1. The monoisotopic (exact) mass is 207 g/mol. The summed E-state index contributed by atoms with van der Waals surface area (Å²) in [6.07, 6.45) is 1.57. The zero-order valence-corrected chi connectivity index (χ0v) is 8.22. The van der Waals surface area contributed by atoms with Gasteiger partial charge in [-0.1, -0.05) is 0 Å². The minimum Gasteiger partial charge on any atom is -0.377 e. The number of nitrogens with zero attached hydrogens (tertiary/aromatic N) is 3. The standard InChI is InChI=1S/C10H10FN3O/c1-15-6-10-13-12-7-14(10)9-4-2-8(11)3-5-9/h2-5,7H,6H2,1H3. The Hall–Kier alpha value is -1.75. The number of hydrogen-bond acceptors (Lipinski definition) is 3. The van der Waals surface area contributed by atoms with Gasteiger partial charge in [-0.05, 0) is 24.3 Å². The lowest BCUT2D eigenvalue weighted by molar-refractivity contribution is 0.176. The fraction of sp³-hybridized carbons (Fsp3) is 0.200. The van der Waals surface area contributed by atoms with Crippen molar-refractivity contribution in [3.05, 3.63) is 42.2 Å². The lowest BCUT2D eigenvalue weighted by atomic mass is 10.3. The van der Waals surface area contributed by atoms with E-state index < -0.39 is 0 Å². The maximum atomic E-state index is 12.7. The van der Waals surface area contributed by atoms with Crippen LogP contribution in [-0.4, -0.2) is 21.9 Å². The molecule has 15 heavy (non-hydrogen) atoms. The zero-order valence-electron chi connectivity index (χ0n) is 8.22. The van der Waals surface area contributed by atoms with E-state index in [2.05, 4.69) is 10.2 Å². The second-order valence-electron chi connectivity index (χ2n) is 3.03. The number of ether oxygens (including phenoxy) is 1. The highest BCUT2D eigenvalue weighted by Gasteiger charge is 2.05. The van der Waals surface area contributed by atoms with Crippen LogP contribution in [0.2, 0.25) is 0 Å². The highest BCUT2D eigenvalue weighted by molar-refractivity contribution is 5.32. The van der Waals surface area contributed by atoms with Crippen molar-refractivity contribution in [3.63, 3.8) is 0 Å². The van der Waals surface area contributed by atoms with Crippen molar-refractivity contribution in [2.75, 3.05) is 7.11 Å². The molecule has 0 aliphatic rings. The SMILES string of the molecule is COCc1nncn1-c1ccc(F)cc1. The van der Waals surface area contributed by atoms with Crippen molar-refractivity contribution < 1.29 is 9.13 Å². The summed E-state index contributed by atoms with van der Waals surface area (Å²) in [6, 6.07) is 6.12. The lowest BCUT2D eigenvalue weighted by Gasteiger charge is -2.05. The average molecular weight is 207 g/mol. The van der Waals surface area contributed by atoms with Crippen molar-refractivity contribution in [1.29, 1.82) is 0 Å². The fourth-order valence-electron chi connectivity index (χ4n) is 1.30. The number of aromatic nitrogens is 3. The topological polar surface area (TPSA) is 39.9 Å². The third-order valence-electron chi connectivity index (χ3n) is 2.00. The first-order valence-electron chi connectivity index (χ1n) is 4.45. The van der Waals surface area contributed by atoms with E-state index in [1.807, 2.05) is 0 Å². The predicted octanol–water partition coefficient (Wildman–Crippen LogP) is 1.55. The highest BCUT2D eigenvalue weighted by atomic mass is 19.1. The van der Waals surface area contributed by atoms with E-state index in [1.165, 1.54) is 12.1 Å². The summed E-state index contributed by atoms with van der Waals surface area (Å²) in [7, 11) is 1.59. The van der Waals surface area contributed by atoms with Crippen molar-refractivity contribution in [1.82, 2.24) is 14.8 Å². The molecule has 0 bridgehead atoms. The van der Waals surface area contributed by atoms with Crippen LogP contribution < -0.4 is 0 Å². The molecule has 0 unspecified atom stereocenters. The van der Waals surface area contributed by atoms with Gasteiger partial charge in [0.1, 0.15) is 18.8 Å². The number of halogens is 1. The van der Waals surface area contributed by atoms with Gasteiger partial charge in [0.2, 0.25) is 0 Å². The summed E-state index contributed by atoms with van der Waals surface area (Å²) in [5.74, 6) is 0.421. The molecule has 4 nitrogen and oxygen atoms in total. The van der Waals surface area contributed by atoms with Gasteiger partial charge in [0.15, 0.2) is 5.82 Å². The molecule has 0 atom stereocenters. The molecule has 0 saturated heterocycles. The Morgan fingerprint density at radius 3 is 2.73 bits per heavy atom. The van der Waals surface area contributed by atoms with E-state index in [9.17, 15) is 4.39 Å². The van der Waals surface area contributed by atoms with Crippen LogP contribution in [0.15, 0.2) is 30.6 Å². The minimum atomic E-state index is -0.264. The van der Waals surface area contributed by atoms with Crippen molar-refractivity contribution in [2.45, 2.75) is 6.61 Å². The molecule has 2 rings (SSSR count). The van der Waals surface area contributed by atoms with Crippen LogP contribution in [0.1, 0.15) is 5.82 Å². The van der Waals surface area contributed by atoms with Crippen molar-refractivity contribution in [2.24, 2.45) is 0 Å². The third kappa shape index (κ3) is 2.02. The van der Waals surface area contributed by atoms with Gasteiger partial charge in [-0.25, -0.2) is 4.39 Å². The van der Waals surface area contributed by atoms with Gasteiger partial charge in [0.25, 0.3) is 0 Å². The van der Waals surface area contributed by atoms with Crippen LogP contribution in [0.3, 0.4) is 0 Å². The molecule has 1 aromatic carbocycles. The van der Waals surface area contributed by atoms with Gasteiger partial charge in [0, 0.05) is 12.8 Å². The Bertz CT molecular complexity index is 438. The van der Waals surface area contributed by atoms with Crippen LogP contribution in [0.25, 0.3) is 5.69 Å². The van der Waals surface area contributed by atoms with Crippen LogP contribution in [0.5, 0.6) is 0 Å². The number of benzene rings is 1. The predicted molar refractivity (Wildman–Crippen MR) is 52.0 cm³/mol. The maximum absolute atomic E-state index is 12.7. The smallest absolute Gasteiger partial charge is 0.163 e. The summed E-state index contributed by atoms with van der Waals surface area (Å²) in [5.41, 5.74) is 0.813. The molecule has 5 heteroatoms. The third-order valence-corrected chi connectivity index (χ3v) is 2.00. The Morgan fingerprint density at radius 1 is 1.33 bits per heavy atom. The van der Waals surface area contributed by atoms with E-state index >= 15 is 0 Å². The van der Waals surface area contributed by atoms with Crippen LogP contribution >= 0.6 is 0 Å². The van der Waals surface area contributed by atoms with E-state index in [0.29, 0.717) is 12.4 Å². The van der Waals surface area contributed by atoms with Gasteiger partial charge in [-0.15, -0.1) is 10.2 Å². The van der Waals surface area contributed by atoms with Crippen molar-refractivity contribution >= 4 is 0 Å². The van der Waals surface area contributed by atoms with E-state index in [4.69, 9.17) is 4.74 Å². The first-order chi connectivity index (χ1) is 7.31. The Balaban J connectivity index is 2.36. The molecule has 0 saturated carbocycles. The molecule has 1 aromatic heterocycles. The molecular weight excluding hydrogens is 197 g/mol. The van der Waals surface area contributed by atoms with Crippen molar-refractivity contribution in [3.8, 4) is 5.69 Å². The normalized spacial score (nSPS) is 10.5. The van der Waals surface area contributed by atoms with Gasteiger partial charge < -0.3 is 4.74 Å². The maximum Gasteiger partial charge on any atom is 0.163 e. The molecule has 0 aliphatic carbocycles. The Morgan fingerprint density at radius 2 is 2.07 bits per heavy atom. The van der Waals surface area contributed by atoms with Gasteiger partial charge in [-0.3, -0.25) is 4.57 Å². The molecule has 78 valence electrons. The second kappa shape index (κ2) is 4.18. The molecule has 2 aromatic rings. The van der Waals surface area contributed by atoms with Crippen LogP contribution in [0.4, 0.5) is 4.39 Å². The van der Waals surface area contributed by atoms with Crippen LogP contribution in [0, 0.1) is 5.82 Å². The first-order valence-corrected chi connectivity index (χ1v) is 4.45. The average Bonchev–Trinajstić information content (AvgIpc) is 2.68. The lowest BCUT2D eigenvalue weighted by Crippen LogP contribution is -2.01.